The Bertz CT molecular complexity index is 454. The number of rotatable bonds is 4. The number of thiophene rings is 1. The van der Waals surface area contributed by atoms with Crippen LogP contribution in [-0.2, 0) is 0 Å². The molecule has 0 aliphatic heterocycles. The van der Waals surface area contributed by atoms with Crippen molar-refractivity contribution < 1.29 is 9.90 Å². The summed E-state index contributed by atoms with van der Waals surface area (Å²) in [5, 5.41) is 10.4. The maximum Gasteiger partial charge on any atom is 0.254 e. The highest BCUT2D eigenvalue weighted by Gasteiger charge is 2.13. The molecule has 0 bridgehead atoms. The number of carbonyl (C=O) groups excluding carboxylic acids is 1. The van der Waals surface area contributed by atoms with E-state index in [1.807, 2.05) is 12.4 Å². The number of aliphatic hydroxyl groups is 1. The van der Waals surface area contributed by atoms with Crippen molar-refractivity contribution in [1.29, 1.82) is 0 Å². The zero-order valence-corrected chi connectivity index (χ0v) is 11.9. The lowest BCUT2D eigenvalue weighted by molar-refractivity contribution is 0.0789. The monoisotopic (exact) mass is 265 g/mol. The zero-order valence-electron chi connectivity index (χ0n) is 11.1. The van der Waals surface area contributed by atoms with Crippen LogP contribution in [0.15, 0.2) is 11.4 Å². The second-order valence-electron chi connectivity index (χ2n) is 4.57. The fourth-order valence-corrected chi connectivity index (χ4v) is 2.16. The summed E-state index contributed by atoms with van der Waals surface area (Å²) in [6.45, 7) is 4.90. The van der Waals surface area contributed by atoms with Gasteiger partial charge in [0.05, 0.1) is 10.4 Å². The smallest absolute Gasteiger partial charge is 0.254 e. The standard InChI is InChI=1S/C14H19NO2S/c1-11(2)6-7-15(3)14(17)12-9-13(18-10-12)5-4-8-16/h9-11,16H,6-8H2,1-3H3. The molecule has 0 saturated carbocycles. The van der Waals surface area contributed by atoms with Gasteiger partial charge < -0.3 is 10.0 Å². The van der Waals surface area contributed by atoms with Gasteiger partial charge in [0, 0.05) is 19.0 Å². The Balaban J connectivity index is 2.63. The molecule has 0 aliphatic rings. The van der Waals surface area contributed by atoms with Crippen molar-refractivity contribution in [2.75, 3.05) is 20.2 Å². The third-order valence-electron chi connectivity index (χ3n) is 2.53. The van der Waals surface area contributed by atoms with Crippen LogP contribution in [0.5, 0.6) is 0 Å². The van der Waals surface area contributed by atoms with Gasteiger partial charge >= 0.3 is 0 Å². The molecule has 4 heteroatoms. The quantitative estimate of drug-likeness (QED) is 0.848. The SMILES string of the molecule is CC(C)CCN(C)C(=O)c1csc(C#CCO)c1. The third-order valence-corrected chi connectivity index (χ3v) is 3.37. The summed E-state index contributed by atoms with van der Waals surface area (Å²) in [5.74, 6) is 6.01. The lowest BCUT2D eigenvalue weighted by atomic mass is 10.1. The Morgan fingerprint density at radius 1 is 1.56 bits per heavy atom. The lowest BCUT2D eigenvalue weighted by Crippen LogP contribution is -2.28. The minimum atomic E-state index is -0.157. The van der Waals surface area contributed by atoms with Gasteiger partial charge in [-0.3, -0.25) is 4.79 Å². The third kappa shape index (κ3) is 4.52. The number of nitrogens with zero attached hydrogens (tertiary/aromatic N) is 1. The number of hydrogen-bond acceptors (Lipinski definition) is 3. The molecule has 1 N–H and O–H groups in total. The topological polar surface area (TPSA) is 40.5 Å². The molecular formula is C14H19NO2S. The number of amides is 1. The van der Waals surface area contributed by atoms with Gasteiger partial charge in [0.1, 0.15) is 6.61 Å². The number of hydrogen-bond donors (Lipinski definition) is 1. The number of aliphatic hydroxyl groups excluding tert-OH is 1. The van der Waals surface area contributed by atoms with E-state index < -0.39 is 0 Å². The van der Waals surface area contributed by atoms with Gasteiger partial charge in [0.15, 0.2) is 0 Å². The largest absolute Gasteiger partial charge is 0.384 e. The highest BCUT2D eigenvalue weighted by molar-refractivity contribution is 7.10. The Morgan fingerprint density at radius 2 is 2.28 bits per heavy atom. The van der Waals surface area contributed by atoms with Crippen molar-refractivity contribution in [1.82, 2.24) is 4.90 Å². The van der Waals surface area contributed by atoms with Gasteiger partial charge in [0.2, 0.25) is 0 Å². The van der Waals surface area contributed by atoms with Crippen LogP contribution in [0.25, 0.3) is 0 Å². The molecule has 98 valence electrons. The van der Waals surface area contributed by atoms with Crippen LogP contribution in [0.1, 0.15) is 35.5 Å². The van der Waals surface area contributed by atoms with Crippen molar-refractivity contribution in [2.24, 2.45) is 5.92 Å². The molecule has 1 aromatic heterocycles. The van der Waals surface area contributed by atoms with E-state index in [0.717, 1.165) is 17.8 Å². The van der Waals surface area contributed by atoms with Crippen molar-refractivity contribution in [3.63, 3.8) is 0 Å². The van der Waals surface area contributed by atoms with Gasteiger partial charge in [0.25, 0.3) is 5.91 Å². The first kappa shape index (κ1) is 14.7. The first-order chi connectivity index (χ1) is 8.54. The Kier molecular flexibility index (Phi) is 5.90. The maximum absolute atomic E-state index is 12.1. The summed E-state index contributed by atoms with van der Waals surface area (Å²) in [4.78, 5) is 14.6. The zero-order chi connectivity index (χ0) is 13.5. The van der Waals surface area contributed by atoms with E-state index in [1.165, 1.54) is 11.3 Å². The van der Waals surface area contributed by atoms with E-state index in [9.17, 15) is 4.79 Å². The van der Waals surface area contributed by atoms with E-state index in [-0.39, 0.29) is 12.5 Å². The Labute approximate surface area is 112 Å². The molecule has 0 atom stereocenters. The first-order valence-corrected chi connectivity index (χ1v) is 6.86. The summed E-state index contributed by atoms with van der Waals surface area (Å²) in [5.41, 5.74) is 0.675. The van der Waals surface area contributed by atoms with Crippen LogP contribution < -0.4 is 0 Å². The molecule has 0 spiro atoms. The maximum atomic E-state index is 12.1. The second kappa shape index (κ2) is 7.20. The summed E-state index contributed by atoms with van der Waals surface area (Å²) in [7, 11) is 1.82. The molecule has 1 aromatic rings. The molecule has 0 fully saturated rings. The van der Waals surface area contributed by atoms with Crippen LogP contribution in [0.3, 0.4) is 0 Å². The van der Waals surface area contributed by atoms with Gasteiger partial charge in [-0.25, -0.2) is 0 Å². The van der Waals surface area contributed by atoms with E-state index in [1.54, 1.807) is 11.0 Å². The minimum Gasteiger partial charge on any atom is -0.384 e. The van der Waals surface area contributed by atoms with Gasteiger partial charge in [-0.05, 0) is 18.4 Å². The van der Waals surface area contributed by atoms with E-state index >= 15 is 0 Å². The predicted molar refractivity (Wildman–Crippen MR) is 74.7 cm³/mol. The second-order valence-corrected chi connectivity index (χ2v) is 5.48. The predicted octanol–water partition coefficient (Wildman–Crippen LogP) is 2.21. The van der Waals surface area contributed by atoms with Crippen LogP contribution >= 0.6 is 11.3 Å². The molecule has 0 radical (unpaired) electrons. The average molecular weight is 265 g/mol. The molecule has 0 unspecified atom stereocenters. The molecule has 18 heavy (non-hydrogen) atoms. The van der Waals surface area contributed by atoms with Crippen LogP contribution in [0.2, 0.25) is 0 Å². The molecule has 0 saturated heterocycles. The van der Waals surface area contributed by atoms with Gasteiger partial charge in [-0.2, -0.15) is 0 Å². The van der Waals surface area contributed by atoms with Crippen LogP contribution in [0, 0.1) is 17.8 Å². The number of carbonyl (C=O) groups is 1. The Hall–Kier alpha value is -1.31. The first-order valence-electron chi connectivity index (χ1n) is 5.98. The molecule has 1 amide bonds. The van der Waals surface area contributed by atoms with E-state index in [4.69, 9.17) is 5.11 Å². The highest BCUT2D eigenvalue weighted by Crippen LogP contribution is 2.15. The van der Waals surface area contributed by atoms with Crippen LogP contribution in [0.4, 0.5) is 0 Å². The molecule has 0 aliphatic carbocycles. The molecule has 1 heterocycles. The summed E-state index contributed by atoms with van der Waals surface area (Å²) in [6, 6.07) is 1.78. The lowest BCUT2D eigenvalue weighted by Gasteiger charge is -2.17. The Morgan fingerprint density at radius 3 is 2.89 bits per heavy atom. The van der Waals surface area contributed by atoms with Gasteiger partial charge in [-0.15, -0.1) is 11.3 Å². The van der Waals surface area contributed by atoms with Gasteiger partial charge in [-0.1, -0.05) is 25.7 Å². The fourth-order valence-electron chi connectivity index (χ4n) is 1.41. The molecule has 3 nitrogen and oxygen atoms in total. The molecule has 1 rings (SSSR count). The summed E-state index contributed by atoms with van der Waals surface area (Å²) >= 11 is 1.43. The van der Waals surface area contributed by atoms with E-state index in [2.05, 4.69) is 25.7 Å². The van der Waals surface area contributed by atoms with Crippen molar-refractivity contribution in [2.45, 2.75) is 20.3 Å². The highest BCUT2D eigenvalue weighted by atomic mass is 32.1. The molecule has 0 aromatic carbocycles. The summed E-state index contributed by atoms with van der Waals surface area (Å²) < 4.78 is 0. The van der Waals surface area contributed by atoms with Crippen molar-refractivity contribution in [3.8, 4) is 11.8 Å². The van der Waals surface area contributed by atoms with Crippen molar-refractivity contribution >= 4 is 17.2 Å². The average Bonchev–Trinajstić information content (AvgIpc) is 2.81. The van der Waals surface area contributed by atoms with Crippen molar-refractivity contribution in [3.05, 3.63) is 21.9 Å². The molecular weight excluding hydrogens is 246 g/mol. The normalized spacial score (nSPS) is 10.1. The minimum absolute atomic E-state index is 0.0314. The van der Waals surface area contributed by atoms with Crippen LogP contribution in [-0.4, -0.2) is 36.1 Å². The summed E-state index contributed by atoms with van der Waals surface area (Å²) in [6.07, 6.45) is 1.00. The van der Waals surface area contributed by atoms with E-state index in [0.29, 0.717) is 11.5 Å². The fraction of sp³-hybridized carbons (Fsp3) is 0.500.